The molecule has 0 aromatic carbocycles. The minimum Gasteiger partial charge on any atom is -0.468 e. The van der Waals surface area contributed by atoms with E-state index in [-0.39, 0.29) is 17.8 Å². The van der Waals surface area contributed by atoms with E-state index in [0.717, 1.165) is 19.3 Å². The molecule has 0 bridgehead atoms. The highest BCUT2D eigenvalue weighted by Gasteiger charge is 2.28. The lowest BCUT2D eigenvalue weighted by Crippen LogP contribution is -2.39. The number of hydrogen-bond donors (Lipinski definition) is 0. The van der Waals surface area contributed by atoms with Crippen molar-refractivity contribution in [2.24, 2.45) is 0 Å². The molecule has 0 spiro atoms. The Morgan fingerprint density at radius 2 is 2.04 bits per heavy atom. The molecule has 1 amide bonds. The van der Waals surface area contributed by atoms with Crippen LogP contribution < -0.4 is 4.74 Å². The molecule has 1 aromatic heterocycles. The third-order valence-electron chi connectivity index (χ3n) is 3.50. The molecule has 1 unspecified atom stereocenters. The Morgan fingerprint density at radius 1 is 1.35 bits per heavy atom. The van der Waals surface area contributed by atoms with E-state index in [1.807, 2.05) is 20.8 Å². The number of unbranched alkanes of at least 4 members (excludes halogenated alkanes) is 1. The Labute approximate surface area is 134 Å². The van der Waals surface area contributed by atoms with E-state index in [1.165, 1.54) is 18.3 Å². The molecule has 1 heterocycles. The standard InChI is InChI=1S/C16H23F3N2O2/c1-4-6-9-21(12(3)5-2)15(22)13-7-8-14(20-10-13)23-11-16(17,18)19/h7-8,10,12H,4-6,9,11H2,1-3H3. The summed E-state index contributed by atoms with van der Waals surface area (Å²) >= 11 is 0. The topological polar surface area (TPSA) is 42.4 Å². The molecule has 0 radical (unpaired) electrons. The van der Waals surface area contributed by atoms with Crippen molar-refractivity contribution >= 4 is 5.91 Å². The Kier molecular flexibility index (Phi) is 7.32. The van der Waals surface area contributed by atoms with Crippen LogP contribution in [0.3, 0.4) is 0 Å². The zero-order valence-corrected chi connectivity index (χ0v) is 13.7. The van der Waals surface area contributed by atoms with Gasteiger partial charge in [-0.05, 0) is 25.8 Å². The Bertz CT molecular complexity index is 489. The third kappa shape index (κ3) is 6.46. The predicted molar refractivity (Wildman–Crippen MR) is 81.5 cm³/mol. The molecule has 4 nitrogen and oxygen atoms in total. The number of nitrogens with zero attached hydrogens (tertiary/aromatic N) is 2. The number of amides is 1. The predicted octanol–water partition coefficient (Wildman–Crippen LogP) is 4.06. The number of carbonyl (C=O) groups is 1. The van der Waals surface area contributed by atoms with Crippen molar-refractivity contribution < 1.29 is 22.7 Å². The molecule has 0 aliphatic rings. The highest BCUT2D eigenvalue weighted by atomic mass is 19.4. The van der Waals surface area contributed by atoms with Gasteiger partial charge in [0.15, 0.2) is 6.61 Å². The van der Waals surface area contributed by atoms with Crippen molar-refractivity contribution in [1.29, 1.82) is 0 Å². The zero-order chi connectivity index (χ0) is 17.5. The molecular weight excluding hydrogens is 309 g/mol. The van der Waals surface area contributed by atoms with Gasteiger partial charge in [0, 0.05) is 24.8 Å². The summed E-state index contributed by atoms with van der Waals surface area (Å²) < 4.78 is 40.8. The van der Waals surface area contributed by atoms with Gasteiger partial charge >= 0.3 is 6.18 Å². The van der Waals surface area contributed by atoms with Gasteiger partial charge in [-0.25, -0.2) is 4.98 Å². The van der Waals surface area contributed by atoms with Crippen molar-refractivity contribution in [3.05, 3.63) is 23.9 Å². The maximum atomic E-state index is 12.5. The van der Waals surface area contributed by atoms with Crippen LogP contribution in [0.2, 0.25) is 0 Å². The van der Waals surface area contributed by atoms with Crippen LogP contribution in [0.25, 0.3) is 0 Å². The van der Waals surface area contributed by atoms with Gasteiger partial charge in [0.25, 0.3) is 5.91 Å². The second-order valence-corrected chi connectivity index (χ2v) is 5.40. The van der Waals surface area contributed by atoms with Crippen LogP contribution >= 0.6 is 0 Å². The monoisotopic (exact) mass is 332 g/mol. The summed E-state index contributed by atoms with van der Waals surface area (Å²) in [7, 11) is 0. The molecule has 0 fully saturated rings. The fourth-order valence-electron chi connectivity index (χ4n) is 1.98. The van der Waals surface area contributed by atoms with Crippen LogP contribution in [-0.2, 0) is 0 Å². The Hall–Kier alpha value is -1.79. The van der Waals surface area contributed by atoms with E-state index >= 15 is 0 Å². The molecule has 0 aliphatic carbocycles. The van der Waals surface area contributed by atoms with Gasteiger partial charge in [0.05, 0.1) is 5.56 Å². The molecule has 0 aliphatic heterocycles. The van der Waals surface area contributed by atoms with Crippen LogP contribution in [0.5, 0.6) is 5.88 Å². The molecule has 7 heteroatoms. The summed E-state index contributed by atoms with van der Waals surface area (Å²) in [5, 5.41) is 0. The van der Waals surface area contributed by atoms with E-state index in [0.29, 0.717) is 12.1 Å². The summed E-state index contributed by atoms with van der Waals surface area (Å²) in [5.41, 5.74) is 0.348. The van der Waals surface area contributed by atoms with Crippen molar-refractivity contribution in [1.82, 2.24) is 9.88 Å². The summed E-state index contributed by atoms with van der Waals surface area (Å²) in [5.74, 6) is -0.315. The smallest absolute Gasteiger partial charge is 0.422 e. The number of ether oxygens (including phenoxy) is 1. The first-order chi connectivity index (χ1) is 10.8. The molecule has 0 saturated heterocycles. The second-order valence-electron chi connectivity index (χ2n) is 5.40. The van der Waals surface area contributed by atoms with Gasteiger partial charge in [0.1, 0.15) is 0 Å². The average Bonchev–Trinajstić information content (AvgIpc) is 2.52. The third-order valence-corrected chi connectivity index (χ3v) is 3.50. The molecule has 1 aromatic rings. The largest absolute Gasteiger partial charge is 0.468 e. The minimum absolute atomic E-state index is 0.0928. The summed E-state index contributed by atoms with van der Waals surface area (Å²) in [6, 6.07) is 2.82. The summed E-state index contributed by atoms with van der Waals surface area (Å²) in [6.07, 6.45) is -0.451. The first kappa shape index (κ1) is 19.3. The number of rotatable bonds is 8. The number of pyridine rings is 1. The van der Waals surface area contributed by atoms with E-state index in [1.54, 1.807) is 4.90 Å². The van der Waals surface area contributed by atoms with Gasteiger partial charge in [0.2, 0.25) is 5.88 Å². The molecule has 1 rings (SSSR count). The number of carbonyl (C=O) groups excluding carboxylic acids is 1. The van der Waals surface area contributed by atoms with Gasteiger partial charge in [-0.2, -0.15) is 13.2 Å². The maximum Gasteiger partial charge on any atom is 0.422 e. The molecule has 0 N–H and O–H groups in total. The van der Waals surface area contributed by atoms with Crippen molar-refractivity contribution in [3.63, 3.8) is 0 Å². The van der Waals surface area contributed by atoms with Gasteiger partial charge in [-0.15, -0.1) is 0 Å². The van der Waals surface area contributed by atoms with Crippen LogP contribution in [0.15, 0.2) is 18.3 Å². The molecule has 1 atom stereocenters. The summed E-state index contributed by atoms with van der Waals surface area (Å²) in [4.78, 5) is 18.1. The maximum absolute atomic E-state index is 12.5. The van der Waals surface area contributed by atoms with Crippen LogP contribution in [-0.4, -0.2) is 41.2 Å². The van der Waals surface area contributed by atoms with E-state index in [9.17, 15) is 18.0 Å². The number of alkyl halides is 3. The van der Waals surface area contributed by atoms with Crippen LogP contribution in [0.4, 0.5) is 13.2 Å². The highest BCUT2D eigenvalue weighted by Crippen LogP contribution is 2.18. The van der Waals surface area contributed by atoms with E-state index in [2.05, 4.69) is 9.72 Å². The van der Waals surface area contributed by atoms with Gasteiger partial charge in [-0.1, -0.05) is 20.3 Å². The van der Waals surface area contributed by atoms with Crippen molar-refractivity contribution in [2.75, 3.05) is 13.2 Å². The normalized spacial score (nSPS) is 12.8. The minimum atomic E-state index is -4.41. The van der Waals surface area contributed by atoms with Crippen molar-refractivity contribution in [2.45, 2.75) is 52.3 Å². The lowest BCUT2D eigenvalue weighted by molar-refractivity contribution is -0.154. The first-order valence-electron chi connectivity index (χ1n) is 7.75. The second kappa shape index (κ2) is 8.74. The lowest BCUT2D eigenvalue weighted by atomic mass is 10.1. The van der Waals surface area contributed by atoms with E-state index in [4.69, 9.17) is 0 Å². The highest BCUT2D eigenvalue weighted by molar-refractivity contribution is 5.94. The van der Waals surface area contributed by atoms with Crippen LogP contribution in [0.1, 0.15) is 50.4 Å². The summed E-state index contributed by atoms with van der Waals surface area (Å²) in [6.45, 7) is 5.28. The molecule has 0 saturated carbocycles. The molecule has 130 valence electrons. The Balaban J connectivity index is 2.77. The zero-order valence-electron chi connectivity index (χ0n) is 13.7. The number of aromatic nitrogens is 1. The fraction of sp³-hybridized carbons (Fsp3) is 0.625. The molecule has 23 heavy (non-hydrogen) atoms. The number of halogens is 3. The van der Waals surface area contributed by atoms with Crippen LogP contribution in [0, 0.1) is 0 Å². The lowest BCUT2D eigenvalue weighted by Gasteiger charge is -2.28. The molecular formula is C16H23F3N2O2. The fourth-order valence-corrected chi connectivity index (χ4v) is 1.98. The van der Waals surface area contributed by atoms with E-state index < -0.39 is 12.8 Å². The van der Waals surface area contributed by atoms with Gasteiger partial charge in [-0.3, -0.25) is 4.79 Å². The van der Waals surface area contributed by atoms with Gasteiger partial charge < -0.3 is 9.64 Å². The quantitative estimate of drug-likeness (QED) is 0.721. The first-order valence-corrected chi connectivity index (χ1v) is 7.75. The number of hydrogen-bond acceptors (Lipinski definition) is 3. The SMILES string of the molecule is CCCCN(C(=O)c1ccc(OCC(F)(F)F)nc1)C(C)CC. The Morgan fingerprint density at radius 3 is 2.52 bits per heavy atom. The average molecular weight is 332 g/mol. The van der Waals surface area contributed by atoms with Crippen molar-refractivity contribution in [3.8, 4) is 5.88 Å².